The second-order valence-electron chi connectivity index (χ2n) is 11.6. The molecule has 2 aliphatic heterocycles. The van der Waals surface area contributed by atoms with E-state index >= 15 is 0 Å². The molecule has 2 aliphatic rings. The molecular formula is C34H39FN2O6. The van der Waals surface area contributed by atoms with E-state index in [9.17, 15) is 19.1 Å². The summed E-state index contributed by atoms with van der Waals surface area (Å²) in [5, 5.41) is 13.7. The van der Waals surface area contributed by atoms with Crippen LogP contribution in [-0.2, 0) is 22.4 Å². The summed E-state index contributed by atoms with van der Waals surface area (Å²) < 4.78 is 31.5. The van der Waals surface area contributed by atoms with E-state index in [0.29, 0.717) is 23.8 Å². The average molecular weight is 591 g/mol. The number of para-hydroxylation sites is 1. The summed E-state index contributed by atoms with van der Waals surface area (Å²) in [7, 11) is 0. The van der Waals surface area contributed by atoms with Crippen LogP contribution in [0.15, 0.2) is 54.6 Å². The van der Waals surface area contributed by atoms with E-state index in [-0.39, 0.29) is 37.3 Å². The van der Waals surface area contributed by atoms with E-state index in [2.05, 4.69) is 19.2 Å². The SMILES string of the molecule is CCc1cccc(CC)c1NC(=O)CN1C[C@H](c2cc(F)c3c(c2)OCO3)C(C(=O)O)[C@@H]1c1ccc(OCC(C)C)cc1. The number of carboxylic acid groups (broad SMARTS) is 1. The van der Waals surface area contributed by atoms with Gasteiger partial charge in [0.05, 0.1) is 19.1 Å². The van der Waals surface area contributed by atoms with Gasteiger partial charge < -0.3 is 24.6 Å². The van der Waals surface area contributed by atoms with Gasteiger partial charge >= 0.3 is 5.97 Å². The number of anilines is 1. The molecule has 3 aromatic carbocycles. The normalized spacial score (nSPS) is 19.5. The van der Waals surface area contributed by atoms with E-state index < -0.39 is 29.7 Å². The molecule has 0 aromatic heterocycles. The third-order valence-corrected chi connectivity index (χ3v) is 8.18. The molecule has 2 heterocycles. The van der Waals surface area contributed by atoms with Gasteiger partial charge in [-0.1, -0.05) is 58.0 Å². The number of nitrogens with zero attached hydrogens (tertiary/aromatic N) is 1. The number of hydrogen-bond donors (Lipinski definition) is 2. The number of nitrogens with one attached hydrogen (secondary N) is 1. The number of benzene rings is 3. The first kappa shape index (κ1) is 30.4. The van der Waals surface area contributed by atoms with Crippen molar-refractivity contribution in [2.75, 3.05) is 31.8 Å². The Bertz CT molecular complexity index is 1450. The van der Waals surface area contributed by atoms with Crippen molar-refractivity contribution >= 4 is 17.6 Å². The van der Waals surface area contributed by atoms with E-state index in [1.165, 1.54) is 6.07 Å². The van der Waals surface area contributed by atoms with Gasteiger partial charge in [-0.3, -0.25) is 14.5 Å². The van der Waals surface area contributed by atoms with E-state index in [1.54, 1.807) is 6.07 Å². The number of carbonyl (C=O) groups is 2. The number of halogens is 1. The Kier molecular flexibility index (Phi) is 9.20. The predicted molar refractivity (Wildman–Crippen MR) is 161 cm³/mol. The van der Waals surface area contributed by atoms with Crippen LogP contribution >= 0.6 is 0 Å². The molecular weight excluding hydrogens is 551 g/mol. The zero-order valence-electron chi connectivity index (χ0n) is 25.1. The third kappa shape index (κ3) is 6.46. The van der Waals surface area contributed by atoms with Crippen LogP contribution in [0.3, 0.4) is 0 Å². The molecule has 0 saturated carbocycles. The minimum Gasteiger partial charge on any atom is -0.493 e. The largest absolute Gasteiger partial charge is 0.493 e. The number of aliphatic carboxylic acids is 1. The minimum atomic E-state index is -1.03. The summed E-state index contributed by atoms with van der Waals surface area (Å²) in [6.45, 7) is 8.87. The van der Waals surface area contributed by atoms with Crippen molar-refractivity contribution in [3.63, 3.8) is 0 Å². The molecule has 2 N–H and O–H groups in total. The lowest BCUT2D eigenvalue weighted by atomic mass is 9.82. The molecule has 0 bridgehead atoms. The number of hydrogen-bond acceptors (Lipinski definition) is 6. The Morgan fingerprint density at radius 2 is 1.74 bits per heavy atom. The molecule has 3 aromatic rings. The molecule has 1 unspecified atom stereocenters. The highest BCUT2D eigenvalue weighted by molar-refractivity contribution is 5.94. The Labute approximate surface area is 251 Å². The molecule has 1 saturated heterocycles. The van der Waals surface area contributed by atoms with E-state index in [4.69, 9.17) is 14.2 Å². The molecule has 9 heteroatoms. The summed E-state index contributed by atoms with van der Waals surface area (Å²) in [5.41, 5.74) is 4.12. The molecule has 8 nitrogen and oxygen atoms in total. The molecule has 5 rings (SSSR count). The number of rotatable bonds is 11. The lowest BCUT2D eigenvalue weighted by molar-refractivity contribution is -0.143. The van der Waals surface area contributed by atoms with Crippen molar-refractivity contribution in [1.82, 2.24) is 4.90 Å². The van der Waals surface area contributed by atoms with Crippen molar-refractivity contribution in [2.45, 2.75) is 52.5 Å². The van der Waals surface area contributed by atoms with E-state index in [0.717, 1.165) is 35.2 Å². The number of carbonyl (C=O) groups excluding carboxylic acids is 1. The van der Waals surface area contributed by atoms with Gasteiger partial charge in [-0.05, 0) is 65.3 Å². The van der Waals surface area contributed by atoms with Crippen LogP contribution in [0.4, 0.5) is 10.1 Å². The summed E-state index contributed by atoms with van der Waals surface area (Å²) in [6, 6.07) is 15.7. The number of carboxylic acids is 1. The first-order chi connectivity index (χ1) is 20.7. The fourth-order valence-corrected chi connectivity index (χ4v) is 6.12. The lowest BCUT2D eigenvalue weighted by Crippen LogP contribution is -2.35. The maximum absolute atomic E-state index is 15.0. The summed E-state index contributed by atoms with van der Waals surface area (Å²) in [4.78, 5) is 28.4. The molecule has 0 spiro atoms. The molecule has 3 atom stereocenters. The van der Waals surface area contributed by atoms with Crippen LogP contribution in [0.1, 0.15) is 61.9 Å². The zero-order valence-corrected chi connectivity index (χ0v) is 25.1. The van der Waals surface area contributed by atoms with Crippen molar-refractivity contribution in [3.05, 3.63) is 82.7 Å². The number of amides is 1. The Hall–Kier alpha value is -4.11. The van der Waals surface area contributed by atoms with E-state index in [1.807, 2.05) is 61.2 Å². The lowest BCUT2D eigenvalue weighted by Gasteiger charge is -2.27. The van der Waals surface area contributed by atoms with Crippen molar-refractivity contribution in [2.24, 2.45) is 11.8 Å². The first-order valence-electron chi connectivity index (χ1n) is 14.9. The monoisotopic (exact) mass is 590 g/mol. The second-order valence-corrected chi connectivity index (χ2v) is 11.6. The highest BCUT2D eigenvalue weighted by atomic mass is 19.1. The van der Waals surface area contributed by atoms with Crippen LogP contribution in [0.5, 0.6) is 17.2 Å². The average Bonchev–Trinajstić information content (AvgIpc) is 3.62. The number of ether oxygens (including phenoxy) is 3. The fourth-order valence-electron chi connectivity index (χ4n) is 6.12. The zero-order chi connectivity index (χ0) is 30.7. The summed E-state index contributed by atoms with van der Waals surface area (Å²) >= 11 is 0. The first-order valence-corrected chi connectivity index (χ1v) is 14.9. The van der Waals surface area contributed by atoms with Crippen LogP contribution in [0.25, 0.3) is 0 Å². The predicted octanol–water partition coefficient (Wildman–Crippen LogP) is 6.19. The topological polar surface area (TPSA) is 97.3 Å². The highest BCUT2D eigenvalue weighted by Crippen LogP contribution is 2.48. The van der Waals surface area contributed by atoms with Crippen LogP contribution in [0.2, 0.25) is 0 Å². The van der Waals surface area contributed by atoms with Crippen molar-refractivity contribution in [3.8, 4) is 17.2 Å². The smallest absolute Gasteiger partial charge is 0.309 e. The van der Waals surface area contributed by atoms with Gasteiger partial charge in [0.2, 0.25) is 18.4 Å². The third-order valence-electron chi connectivity index (χ3n) is 8.18. The second kappa shape index (κ2) is 13.0. The molecule has 1 fully saturated rings. The van der Waals surface area contributed by atoms with Gasteiger partial charge in [0.25, 0.3) is 0 Å². The minimum absolute atomic E-state index is 0.0275. The maximum Gasteiger partial charge on any atom is 0.309 e. The van der Waals surface area contributed by atoms with Gasteiger partial charge in [0.15, 0.2) is 11.6 Å². The molecule has 0 aliphatic carbocycles. The van der Waals surface area contributed by atoms with Gasteiger partial charge in [0.1, 0.15) is 5.75 Å². The van der Waals surface area contributed by atoms with Gasteiger partial charge in [-0.2, -0.15) is 0 Å². The van der Waals surface area contributed by atoms with Crippen LogP contribution in [-0.4, -0.2) is 48.4 Å². The standard InChI is InChI=1S/C34H39FN2O6/c1-5-21-8-7-9-22(6-2)31(21)36-29(38)17-37-16-26(24-14-27(35)33-28(15-24)42-19-43-33)30(34(39)40)32(37)23-10-12-25(13-11-23)41-18-20(3)4/h7-15,20,26,30,32H,5-6,16-19H2,1-4H3,(H,36,38)(H,39,40)/t26-,30?,32+/m1/s1. The Morgan fingerprint density at radius 3 is 2.37 bits per heavy atom. The van der Waals surface area contributed by atoms with Crippen LogP contribution in [0, 0.1) is 17.7 Å². The fraction of sp³-hybridized carbons (Fsp3) is 0.412. The summed E-state index contributed by atoms with van der Waals surface area (Å²) in [5.74, 6) is -2.11. The van der Waals surface area contributed by atoms with Gasteiger partial charge in [0, 0.05) is 24.2 Å². The maximum atomic E-state index is 15.0. The quantitative estimate of drug-likeness (QED) is 0.275. The molecule has 1 amide bonds. The molecule has 0 radical (unpaired) electrons. The highest BCUT2D eigenvalue weighted by Gasteiger charge is 2.48. The molecule has 228 valence electrons. The Balaban J connectivity index is 1.49. The van der Waals surface area contributed by atoms with Crippen LogP contribution < -0.4 is 19.5 Å². The number of likely N-dealkylation sites (tertiary alicyclic amines) is 1. The van der Waals surface area contributed by atoms with Crippen molar-refractivity contribution < 1.29 is 33.3 Å². The number of fused-ring (bicyclic) bond motifs is 1. The Morgan fingerprint density at radius 1 is 1.05 bits per heavy atom. The van der Waals surface area contributed by atoms with Gasteiger partial charge in [-0.25, -0.2) is 4.39 Å². The summed E-state index contributed by atoms with van der Waals surface area (Å²) in [6.07, 6.45) is 1.53. The number of aryl methyl sites for hydroxylation is 2. The van der Waals surface area contributed by atoms with Crippen molar-refractivity contribution in [1.29, 1.82) is 0 Å². The van der Waals surface area contributed by atoms with Gasteiger partial charge in [-0.15, -0.1) is 0 Å². The molecule has 43 heavy (non-hydrogen) atoms.